The molecule has 122 valence electrons. The minimum Gasteiger partial charge on any atom is -0.305 e. The zero-order chi connectivity index (χ0) is 16.4. The summed E-state index contributed by atoms with van der Waals surface area (Å²) < 4.78 is 40.0. The van der Waals surface area contributed by atoms with Gasteiger partial charge in [-0.1, -0.05) is 35.9 Å². The Bertz CT molecular complexity index is 804. The molecule has 1 heterocycles. The van der Waals surface area contributed by atoms with E-state index in [2.05, 4.69) is 10.0 Å². The van der Waals surface area contributed by atoms with Crippen molar-refractivity contribution in [2.45, 2.75) is 26.1 Å². The molecule has 0 saturated carbocycles. The first-order valence-corrected chi connectivity index (χ1v) is 9.13. The van der Waals surface area contributed by atoms with E-state index in [1.54, 1.807) is 12.1 Å². The number of halogens is 1. The lowest BCUT2D eigenvalue weighted by Crippen LogP contribution is -2.31. The standard InChI is InChI=1S/C17H19FN2O2S/c1-12-2-5-14-10-19-17(16(14)8-12)11-23(21,22)20-9-13-3-6-15(18)7-4-13/h2-8,17,19-20H,9-11H2,1H3. The average Bonchev–Trinajstić information content (AvgIpc) is 2.88. The van der Waals surface area contributed by atoms with E-state index < -0.39 is 10.0 Å². The third-order valence-electron chi connectivity index (χ3n) is 4.01. The van der Waals surface area contributed by atoms with Gasteiger partial charge < -0.3 is 5.32 Å². The van der Waals surface area contributed by atoms with Crippen molar-refractivity contribution in [2.24, 2.45) is 0 Å². The Balaban J connectivity index is 1.66. The van der Waals surface area contributed by atoms with E-state index in [0.717, 1.165) is 22.3 Å². The van der Waals surface area contributed by atoms with E-state index in [9.17, 15) is 12.8 Å². The summed E-state index contributed by atoms with van der Waals surface area (Å²) in [5.41, 5.74) is 4.05. The van der Waals surface area contributed by atoms with Crippen LogP contribution in [0.4, 0.5) is 4.39 Å². The maximum atomic E-state index is 12.9. The highest BCUT2D eigenvalue weighted by molar-refractivity contribution is 7.89. The third kappa shape index (κ3) is 3.96. The van der Waals surface area contributed by atoms with Gasteiger partial charge in [0.05, 0.1) is 5.75 Å². The van der Waals surface area contributed by atoms with Gasteiger partial charge >= 0.3 is 0 Å². The van der Waals surface area contributed by atoms with Crippen LogP contribution in [0.15, 0.2) is 42.5 Å². The summed E-state index contributed by atoms with van der Waals surface area (Å²) in [7, 11) is -3.44. The molecule has 0 aliphatic carbocycles. The highest BCUT2D eigenvalue weighted by atomic mass is 32.2. The lowest BCUT2D eigenvalue weighted by atomic mass is 10.0. The molecular formula is C17H19FN2O2S. The number of sulfonamides is 1. The Labute approximate surface area is 135 Å². The summed E-state index contributed by atoms with van der Waals surface area (Å²) in [4.78, 5) is 0. The molecule has 2 N–H and O–H groups in total. The fourth-order valence-electron chi connectivity index (χ4n) is 2.77. The van der Waals surface area contributed by atoms with Crippen molar-refractivity contribution in [1.82, 2.24) is 10.0 Å². The normalized spacial score (nSPS) is 17.2. The van der Waals surface area contributed by atoms with E-state index >= 15 is 0 Å². The van der Waals surface area contributed by atoms with Crippen LogP contribution in [0, 0.1) is 12.7 Å². The number of fused-ring (bicyclic) bond motifs is 1. The van der Waals surface area contributed by atoms with Gasteiger partial charge in [-0.25, -0.2) is 17.5 Å². The summed E-state index contributed by atoms with van der Waals surface area (Å²) in [6, 6.07) is 11.7. The minimum absolute atomic E-state index is 0.00928. The quantitative estimate of drug-likeness (QED) is 0.883. The number of rotatable bonds is 5. The van der Waals surface area contributed by atoms with Crippen molar-refractivity contribution in [1.29, 1.82) is 0 Å². The van der Waals surface area contributed by atoms with Gasteiger partial charge in [-0.15, -0.1) is 0 Å². The maximum Gasteiger partial charge on any atom is 0.213 e. The second-order valence-corrected chi connectivity index (χ2v) is 7.72. The van der Waals surface area contributed by atoms with Gasteiger partial charge in [0.2, 0.25) is 10.0 Å². The molecule has 3 rings (SSSR count). The molecule has 4 nitrogen and oxygen atoms in total. The van der Waals surface area contributed by atoms with Crippen molar-refractivity contribution >= 4 is 10.0 Å². The number of benzene rings is 2. The fraction of sp³-hybridized carbons (Fsp3) is 0.294. The Hall–Kier alpha value is -1.76. The number of aryl methyl sites for hydroxylation is 1. The molecule has 0 bridgehead atoms. The first-order chi connectivity index (χ1) is 10.9. The predicted octanol–water partition coefficient (Wildman–Crippen LogP) is 2.40. The van der Waals surface area contributed by atoms with E-state index in [-0.39, 0.29) is 24.2 Å². The lowest BCUT2D eigenvalue weighted by molar-refractivity contribution is 0.559. The molecule has 0 aromatic heterocycles. The van der Waals surface area contributed by atoms with Gasteiger partial charge in [-0.05, 0) is 35.7 Å². The number of hydrogen-bond acceptors (Lipinski definition) is 3. The van der Waals surface area contributed by atoms with Crippen LogP contribution in [0.25, 0.3) is 0 Å². The van der Waals surface area contributed by atoms with Crippen LogP contribution in [0.1, 0.15) is 28.3 Å². The van der Waals surface area contributed by atoms with Crippen LogP contribution in [-0.2, 0) is 23.1 Å². The van der Waals surface area contributed by atoms with Gasteiger partial charge in [0.25, 0.3) is 0 Å². The Kier molecular flexibility index (Phi) is 4.48. The van der Waals surface area contributed by atoms with E-state index in [4.69, 9.17) is 0 Å². The second-order valence-electron chi connectivity index (χ2n) is 5.86. The average molecular weight is 334 g/mol. The van der Waals surface area contributed by atoms with Gasteiger partial charge in [0.1, 0.15) is 5.82 Å². The van der Waals surface area contributed by atoms with Crippen molar-refractivity contribution in [3.05, 3.63) is 70.5 Å². The minimum atomic E-state index is -3.44. The fourth-order valence-corrected chi connectivity index (χ4v) is 4.01. The molecule has 1 aliphatic heterocycles. The van der Waals surface area contributed by atoms with Crippen LogP contribution in [0.5, 0.6) is 0 Å². The molecule has 23 heavy (non-hydrogen) atoms. The Morgan fingerprint density at radius 3 is 2.70 bits per heavy atom. The van der Waals surface area contributed by atoms with Gasteiger partial charge in [0, 0.05) is 19.1 Å². The van der Waals surface area contributed by atoms with Gasteiger partial charge in [-0.3, -0.25) is 0 Å². The molecule has 0 amide bonds. The summed E-state index contributed by atoms with van der Waals surface area (Å²) in [5, 5.41) is 3.24. The summed E-state index contributed by atoms with van der Waals surface area (Å²) in [5.74, 6) is -0.344. The molecule has 0 spiro atoms. The molecule has 0 fully saturated rings. The summed E-state index contributed by atoms with van der Waals surface area (Å²) in [6.45, 7) is 2.85. The Morgan fingerprint density at radius 2 is 1.96 bits per heavy atom. The van der Waals surface area contributed by atoms with Crippen molar-refractivity contribution in [3.63, 3.8) is 0 Å². The zero-order valence-electron chi connectivity index (χ0n) is 12.8. The SMILES string of the molecule is Cc1ccc2c(c1)C(CS(=O)(=O)NCc1ccc(F)cc1)NC2. The molecule has 1 unspecified atom stereocenters. The van der Waals surface area contributed by atoms with Crippen molar-refractivity contribution in [2.75, 3.05) is 5.75 Å². The predicted molar refractivity (Wildman–Crippen MR) is 87.8 cm³/mol. The smallest absolute Gasteiger partial charge is 0.213 e. The third-order valence-corrected chi connectivity index (χ3v) is 5.37. The molecule has 2 aromatic carbocycles. The van der Waals surface area contributed by atoms with Crippen LogP contribution in [0.2, 0.25) is 0 Å². The summed E-state index contributed by atoms with van der Waals surface area (Å²) >= 11 is 0. The van der Waals surface area contributed by atoms with E-state index in [1.165, 1.54) is 12.1 Å². The largest absolute Gasteiger partial charge is 0.305 e. The lowest BCUT2D eigenvalue weighted by Gasteiger charge is -2.14. The first-order valence-electron chi connectivity index (χ1n) is 7.47. The topological polar surface area (TPSA) is 58.2 Å². The molecule has 0 radical (unpaired) electrons. The van der Waals surface area contributed by atoms with Gasteiger partial charge in [0.15, 0.2) is 0 Å². The molecule has 1 aliphatic rings. The first kappa shape index (κ1) is 16.1. The molecular weight excluding hydrogens is 315 g/mol. The van der Waals surface area contributed by atoms with Crippen LogP contribution < -0.4 is 10.0 Å². The zero-order valence-corrected chi connectivity index (χ0v) is 13.7. The molecule has 6 heteroatoms. The van der Waals surface area contributed by atoms with Crippen molar-refractivity contribution < 1.29 is 12.8 Å². The van der Waals surface area contributed by atoms with Crippen LogP contribution >= 0.6 is 0 Å². The van der Waals surface area contributed by atoms with Crippen molar-refractivity contribution in [3.8, 4) is 0 Å². The molecule has 1 atom stereocenters. The number of hydrogen-bond donors (Lipinski definition) is 2. The molecule has 0 saturated heterocycles. The monoisotopic (exact) mass is 334 g/mol. The molecule has 2 aromatic rings. The van der Waals surface area contributed by atoms with E-state index in [0.29, 0.717) is 6.54 Å². The summed E-state index contributed by atoms with van der Waals surface area (Å²) in [6.07, 6.45) is 0. The van der Waals surface area contributed by atoms with E-state index in [1.807, 2.05) is 25.1 Å². The van der Waals surface area contributed by atoms with Gasteiger partial charge in [-0.2, -0.15) is 0 Å². The number of nitrogens with one attached hydrogen (secondary N) is 2. The highest BCUT2D eigenvalue weighted by Crippen LogP contribution is 2.27. The second kappa shape index (κ2) is 6.39. The Morgan fingerprint density at radius 1 is 1.22 bits per heavy atom. The van der Waals surface area contributed by atoms with Crippen LogP contribution in [-0.4, -0.2) is 14.2 Å². The maximum absolute atomic E-state index is 12.9. The highest BCUT2D eigenvalue weighted by Gasteiger charge is 2.26. The van der Waals surface area contributed by atoms with Crippen LogP contribution in [0.3, 0.4) is 0 Å².